The molecule has 1 aliphatic heterocycles. The molecular weight excluding hydrogens is 462 g/mol. The number of anilines is 1. The number of fused-ring (bicyclic) bond motifs is 1. The number of nitrogens with zero attached hydrogens (tertiary/aromatic N) is 2. The van der Waals surface area contributed by atoms with Crippen molar-refractivity contribution in [2.75, 3.05) is 37.6 Å². The fraction of sp³-hybridized carbons (Fsp3) is 0.450. The first-order valence-corrected chi connectivity index (χ1v) is 9.78. The summed E-state index contributed by atoms with van der Waals surface area (Å²) >= 11 is 0. The topological polar surface area (TPSA) is 172 Å². The summed E-state index contributed by atoms with van der Waals surface area (Å²) < 4.78 is 16.4. The van der Waals surface area contributed by atoms with E-state index in [0.29, 0.717) is 24.3 Å². The number of carbonyl (C=O) groups excluding carboxylic acids is 2. The molecule has 4 rings (SSSR count). The van der Waals surface area contributed by atoms with Gasteiger partial charge in [-0.2, -0.15) is 0 Å². The van der Waals surface area contributed by atoms with Crippen molar-refractivity contribution >= 4 is 28.5 Å². The summed E-state index contributed by atoms with van der Waals surface area (Å²) in [6, 6.07) is 3.00. The number of hydrogen-bond donors (Lipinski definition) is 2. The maximum Gasteiger partial charge on any atom is 4.00 e. The van der Waals surface area contributed by atoms with Gasteiger partial charge in [-0.25, -0.2) is 4.39 Å². The molecule has 1 saturated heterocycles. The number of carbonyl (C=O) groups is 2. The van der Waals surface area contributed by atoms with Crippen LogP contribution in [0.2, 0.25) is 0 Å². The predicted molar refractivity (Wildman–Crippen MR) is 105 cm³/mol. The van der Waals surface area contributed by atoms with Crippen LogP contribution >= 0.6 is 0 Å². The van der Waals surface area contributed by atoms with Crippen molar-refractivity contribution in [2.24, 2.45) is 5.73 Å². The van der Waals surface area contributed by atoms with Gasteiger partial charge in [-0.15, -0.1) is 0 Å². The Labute approximate surface area is 195 Å². The molecule has 10 nitrogen and oxygen atoms in total. The molecule has 1 saturated carbocycles. The number of carboxylic acids is 2. The maximum absolute atomic E-state index is 14.6. The number of aromatic carboxylic acids is 1. The van der Waals surface area contributed by atoms with Crippen molar-refractivity contribution in [1.29, 1.82) is 0 Å². The molecule has 1 radical (unpaired) electrons. The molecule has 2 aliphatic rings. The molecule has 2 aromatic rings. The molecule has 171 valence electrons. The summed E-state index contributed by atoms with van der Waals surface area (Å²) in [7, 11) is 0. The Morgan fingerprint density at radius 3 is 2.28 bits per heavy atom. The monoisotopic (exact) mass is 485 g/mol. The summed E-state index contributed by atoms with van der Waals surface area (Å²) in [5.74, 6) is -3.11. The number of piperazine rings is 1. The smallest absolute Gasteiger partial charge is 2.00 e. The number of benzene rings is 1. The van der Waals surface area contributed by atoms with Crippen LogP contribution in [0, 0.1) is 5.82 Å². The van der Waals surface area contributed by atoms with E-state index < -0.39 is 28.7 Å². The van der Waals surface area contributed by atoms with E-state index in [-0.39, 0.29) is 48.4 Å². The van der Waals surface area contributed by atoms with E-state index >= 15 is 0 Å². The number of pyridine rings is 1. The Hall–Kier alpha value is -2.44. The molecule has 2 fully saturated rings. The number of nitrogens with two attached hydrogens (primary N) is 1. The number of carboxylic acid groups (broad SMARTS) is 2. The number of hydrogen-bond acceptors (Lipinski definition) is 8. The minimum absolute atomic E-state index is 0. The van der Waals surface area contributed by atoms with Crippen molar-refractivity contribution in [3.63, 3.8) is 0 Å². The van der Waals surface area contributed by atoms with Crippen LogP contribution in [-0.2, 0) is 28.8 Å². The van der Waals surface area contributed by atoms with Crippen LogP contribution in [0.1, 0.15) is 35.7 Å². The molecule has 1 aromatic carbocycles. The summed E-state index contributed by atoms with van der Waals surface area (Å²) in [5, 5.41) is 24.0. The van der Waals surface area contributed by atoms with E-state index in [2.05, 4.69) is 5.32 Å². The van der Waals surface area contributed by atoms with Gasteiger partial charge >= 0.3 is 18.6 Å². The van der Waals surface area contributed by atoms with Crippen LogP contribution in [0.25, 0.3) is 10.9 Å². The fourth-order valence-electron chi connectivity index (χ4n) is 3.42. The number of aliphatic carboxylic acids is 1. The van der Waals surface area contributed by atoms with Crippen LogP contribution in [0.4, 0.5) is 10.1 Å². The van der Waals surface area contributed by atoms with E-state index in [0.717, 1.165) is 25.9 Å². The van der Waals surface area contributed by atoms with Crippen LogP contribution in [0.3, 0.4) is 0 Å². The minimum Gasteiger partial charge on any atom is -2.00 e. The normalized spacial score (nSPS) is 15.1. The van der Waals surface area contributed by atoms with Gasteiger partial charge in [-0.1, -0.05) is 0 Å². The Morgan fingerprint density at radius 2 is 1.81 bits per heavy atom. The SMILES string of the molecule is NCCC(=O)[O-].O=C([O-])c1cn(C2CC2)c2cc(N3CCNCC3)c(F)cc2c1=O.[O-2].[V+4]. The molecule has 2 heterocycles. The first kappa shape index (κ1) is 27.6. The summed E-state index contributed by atoms with van der Waals surface area (Å²) in [4.78, 5) is 35.0. The van der Waals surface area contributed by atoms with Crippen molar-refractivity contribution in [1.82, 2.24) is 9.88 Å². The third-order valence-corrected chi connectivity index (χ3v) is 5.07. The Kier molecular flexibility index (Phi) is 10.3. The maximum atomic E-state index is 14.6. The zero-order valence-electron chi connectivity index (χ0n) is 17.2. The van der Waals surface area contributed by atoms with Gasteiger partial charge in [0.25, 0.3) is 0 Å². The minimum atomic E-state index is -1.53. The van der Waals surface area contributed by atoms with Crippen molar-refractivity contribution in [3.05, 3.63) is 39.9 Å². The number of nitrogens with one attached hydrogen (secondary N) is 1. The molecule has 0 amide bonds. The fourth-order valence-corrected chi connectivity index (χ4v) is 3.42. The predicted octanol–water partition coefficient (Wildman–Crippen LogP) is -1.79. The Morgan fingerprint density at radius 1 is 1.19 bits per heavy atom. The molecular formula is C20H23FN4O6V. The zero-order valence-corrected chi connectivity index (χ0v) is 18.6. The van der Waals surface area contributed by atoms with Gasteiger partial charge in [0.2, 0.25) is 0 Å². The number of halogens is 1. The third-order valence-electron chi connectivity index (χ3n) is 5.07. The van der Waals surface area contributed by atoms with Crippen LogP contribution < -0.4 is 31.6 Å². The van der Waals surface area contributed by atoms with Crippen LogP contribution in [0.15, 0.2) is 23.1 Å². The van der Waals surface area contributed by atoms with E-state index in [9.17, 15) is 29.0 Å². The van der Waals surface area contributed by atoms with Crippen molar-refractivity contribution in [3.8, 4) is 0 Å². The molecule has 0 atom stereocenters. The second-order valence-corrected chi connectivity index (χ2v) is 7.27. The average Bonchev–Trinajstić information content (AvgIpc) is 3.54. The second kappa shape index (κ2) is 12.0. The van der Waals surface area contributed by atoms with Gasteiger partial charge in [-0.3, -0.25) is 4.79 Å². The first-order valence-electron chi connectivity index (χ1n) is 9.78. The summed E-state index contributed by atoms with van der Waals surface area (Å²) in [5.41, 5.74) is 4.75. The van der Waals surface area contributed by atoms with Gasteiger partial charge in [0.1, 0.15) is 5.82 Å². The first-order chi connectivity index (χ1) is 14.3. The van der Waals surface area contributed by atoms with Gasteiger partial charge in [0.15, 0.2) is 5.43 Å². The molecule has 0 bridgehead atoms. The molecule has 3 N–H and O–H groups in total. The molecule has 32 heavy (non-hydrogen) atoms. The van der Waals surface area contributed by atoms with E-state index in [1.165, 1.54) is 12.3 Å². The van der Waals surface area contributed by atoms with E-state index in [4.69, 9.17) is 5.73 Å². The molecule has 0 spiro atoms. The molecule has 12 heteroatoms. The molecule has 1 aliphatic carbocycles. The van der Waals surface area contributed by atoms with Crippen molar-refractivity contribution in [2.45, 2.75) is 25.3 Å². The average molecular weight is 485 g/mol. The standard InChI is InChI=1S/C17H18FN3O3.C3H7NO2.O.V/c18-13-7-11-14(8-15(13)20-5-3-19-4-6-20)21(10-1-2-10)9-12(16(11)22)17(23)24;4-2-1-3(5)6;;/h7-10,19H,1-6H2,(H,23,24);1-2,4H2,(H,5,6);;/q;;-2;+4/p-2. The van der Waals surface area contributed by atoms with Gasteiger partial charge in [-0.05, 0) is 37.9 Å². The van der Waals surface area contributed by atoms with Gasteiger partial charge in [0.05, 0.1) is 22.7 Å². The Bertz CT molecular complexity index is 1020. The van der Waals surface area contributed by atoms with Crippen molar-refractivity contribution < 1.29 is 48.2 Å². The van der Waals surface area contributed by atoms with Gasteiger partial charge < -0.3 is 45.8 Å². The number of rotatable bonds is 5. The summed E-state index contributed by atoms with van der Waals surface area (Å²) in [6.07, 6.45) is 3.15. The largest absolute Gasteiger partial charge is 4.00 e. The third kappa shape index (κ3) is 6.30. The van der Waals surface area contributed by atoms with Gasteiger partial charge in [0, 0.05) is 49.8 Å². The van der Waals surface area contributed by atoms with Crippen LogP contribution in [-0.4, -0.2) is 49.2 Å². The number of aromatic nitrogens is 1. The zero-order chi connectivity index (χ0) is 21.8. The molecule has 1 aromatic heterocycles. The van der Waals surface area contributed by atoms with E-state index in [1.54, 1.807) is 10.6 Å². The van der Waals surface area contributed by atoms with E-state index in [1.807, 2.05) is 4.90 Å². The Balaban J connectivity index is 0.000000571. The molecule has 0 unspecified atom stereocenters. The second-order valence-electron chi connectivity index (χ2n) is 7.27. The quantitative estimate of drug-likeness (QED) is 0.500. The van der Waals surface area contributed by atoms with Crippen LogP contribution in [0.5, 0.6) is 0 Å². The summed E-state index contributed by atoms with van der Waals surface area (Å²) in [6.45, 7) is 3.09.